The molecule has 0 atom stereocenters. The zero-order chi connectivity index (χ0) is 68.5. The highest BCUT2D eigenvalue weighted by molar-refractivity contribution is 7.00. The zero-order valence-corrected chi connectivity index (χ0v) is 59.3. The van der Waals surface area contributed by atoms with Crippen LogP contribution < -0.4 is 36.6 Å². The largest absolute Gasteiger partial charge is 0.310 e. The van der Waals surface area contributed by atoms with Crippen LogP contribution in [0.25, 0.3) is 105 Å². The molecule has 0 saturated carbocycles. The Balaban J connectivity index is 0.999. The molecule has 0 bridgehead atoms. The third kappa shape index (κ3) is 9.72. The van der Waals surface area contributed by atoms with E-state index in [0.29, 0.717) is 0 Å². The summed E-state index contributed by atoms with van der Waals surface area (Å²) >= 11 is 0. The lowest BCUT2D eigenvalue weighted by Crippen LogP contribution is -2.61. The van der Waals surface area contributed by atoms with Crippen LogP contribution in [0.15, 0.2) is 273 Å². The lowest BCUT2D eigenvalue weighted by Gasteiger charge is -2.46. The predicted octanol–water partition coefficient (Wildman–Crippen LogP) is 21.9. The maximum atomic E-state index is 3.64. The monoisotopic (exact) mass is 1290 g/mol. The standard InChI is InChI=1S/C95H81BN4/c1-92(2,3)64-41-48-81-76(51-64)77-52-65(93(4,5)6)42-49-82(77)97(81)68-43-45-78-86(57-68)99(90-72(59-28-17-13-18-29-59)53-66(94(7,8)9)54-73(90)60-30-19-14-20-31-60)84-38-27-39-85-89(84)96(78)79-46-44-69(98-80-37-26-25-36-70(80)88-71-50-63(71)40-47-83(88)98)58-87(79)100(85)91-74(61-32-21-15-22-33-61)55-67(95(10,11)12)56-75(91)62-34-23-16-24-35-62/h13-49,51-58H,1-12H3. The summed E-state index contributed by atoms with van der Waals surface area (Å²) in [6, 6.07) is 105. The normalized spacial score (nSPS) is 13.3. The smallest absolute Gasteiger partial charge is 0.252 e. The Morgan fingerprint density at radius 1 is 0.290 bits per heavy atom. The number of fused-ring (bicyclic) bond motifs is 12. The average molecular weight is 1290 g/mol. The van der Waals surface area contributed by atoms with E-state index in [1.54, 1.807) is 0 Å². The Hall–Kier alpha value is -11.1. The lowest BCUT2D eigenvalue weighted by atomic mass is 9.33. The fraction of sp³-hybridized carbons (Fsp3) is 0.168. The molecule has 0 fully saturated rings. The Morgan fingerprint density at radius 2 is 0.660 bits per heavy atom. The molecule has 100 heavy (non-hydrogen) atoms. The van der Waals surface area contributed by atoms with Crippen molar-refractivity contribution >= 4 is 107 Å². The number of nitrogens with zero attached hydrogens (tertiary/aromatic N) is 4. The molecule has 15 aromatic rings. The average Bonchev–Trinajstić information content (AvgIpc) is 0.806. The first-order valence-corrected chi connectivity index (χ1v) is 35.7. The molecule has 0 unspecified atom stereocenters. The van der Waals surface area contributed by atoms with Crippen LogP contribution in [-0.4, -0.2) is 15.8 Å². The van der Waals surface area contributed by atoms with Crippen molar-refractivity contribution in [1.29, 1.82) is 0 Å². The summed E-state index contributed by atoms with van der Waals surface area (Å²) in [7, 11) is 0. The molecule has 0 N–H and O–H groups in total. The second-order valence-electron chi connectivity index (χ2n) is 32.3. The van der Waals surface area contributed by atoms with E-state index < -0.39 is 0 Å². The van der Waals surface area contributed by atoms with E-state index in [4.69, 9.17) is 0 Å². The molecule has 1 aliphatic carbocycles. The van der Waals surface area contributed by atoms with Crippen molar-refractivity contribution in [3.8, 4) is 55.9 Å². The quantitative estimate of drug-likeness (QED) is 0.141. The molecule has 484 valence electrons. The van der Waals surface area contributed by atoms with Gasteiger partial charge in [0.25, 0.3) is 6.71 Å². The number of rotatable bonds is 8. The summed E-state index contributed by atoms with van der Waals surface area (Å²) in [6.07, 6.45) is 0. The number of benzene rings is 13. The van der Waals surface area contributed by atoms with Crippen LogP contribution in [0.5, 0.6) is 0 Å². The van der Waals surface area contributed by atoms with Crippen LogP contribution in [0.2, 0.25) is 0 Å². The molecule has 13 aromatic carbocycles. The van der Waals surface area contributed by atoms with E-state index in [9.17, 15) is 0 Å². The van der Waals surface area contributed by atoms with Gasteiger partial charge in [-0.1, -0.05) is 253 Å². The topological polar surface area (TPSA) is 16.3 Å². The van der Waals surface area contributed by atoms with Gasteiger partial charge in [-0.2, -0.15) is 0 Å². The van der Waals surface area contributed by atoms with Gasteiger partial charge in [0.05, 0.1) is 33.4 Å². The van der Waals surface area contributed by atoms with Gasteiger partial charge in [0.2, 0.25) is 0 Å². The van der Waals surface area contributed by atoms with Gasteiger partial charge in [-0.25, -0.2) is 0 Å². The minimum absolute atomic E-state index is 0.0465. The van der Waals surface area contributed by atoms with Crippen molar-refractivity contribution in [2.75, 3.05) is 9.80 Å². The molecule has 0 amide bonds. The molecule has 4 nitrogen and oxygen atoms in total. The van der Waals surface area contributed by atoms with E-state index in [1.807, 2.05) is 0 Å². The molecule has 2 aromatic heterocycles. The Kier molecular flexibility index (Phi) is 13.6. The molecule has 0 saturated heterocycles. The fourth-order valence-corrected chi connectivity index (χ4v) is 16.4. The number of para-hydroxylation sites is 1. The van der Waals surface area contributed by atoms with Gasteiger partial charge in [0.1, 0.15) is 0 Å². The van der Waals surface area contributed by atoms with E-state index >= 15 is 0 Å². The van der Waals surface area contributed by atoms with Gasteiger partial charge in [-0.15, -0.1) is 5.73 Å². The van der Waals surface area contributed by atoms with Gasteiger partial charge in [0.15, 0.2) is 0 Å². The molecular formula is C95H81BN4. The van der Waals surface area contributed by atoms with Crippen molar-refractivity contribution in [3.05, 3.63) is 306 Å². The van der Waals surface area contributed by atoms with Crippen LogP contribution in [0.3, 0.4) is 0 Å². The number of aromatic nitrogens is 2. The Morgan fingerprint density at radius 3 is 1.07 bits per heavy atom. The maximum absolute atomic E-state index is 3.64. The maximum Gasteiger partial charge on any atom is 0.252 e. The molecular weight excluding hydrogens is 1210 g/mol. The van der Waals surface area contributed by atoms with Crippen LogP contribution in [-0.2, 0) is 21.7 Å². The summed E-state index contributed by atoms with van der Waals surface area (Å²) in [4.78, 5) is 5.39. The fourth-order valence-electron chi connectivity index (χ4n) is 16.4. The van der Waals surface area contributed by atoms with Crippen LogP contribution in [0.1, 0.15) is 105 Å². The molecule has 4 heterocycles. The molecule has 5 heteroatoms. The highest BCUT2D eigenvalue weighted by atomic mass is 15.2. The first-order valence-electron chi connectivity index (χ1n) is 35.7. The molecule has 2 aliphatic heterocycles. The van der Waals surface area contributed by atoms with Crippen molar-refractivity contribution in [2.45, 2.75) is 105 Å². The highest BCUT2D eigenvalue weighted by Crippen LogP contribution is 2.55. The summed E-state index contributed by atoms with van der Waals surface area (Å²) in [5.41, 5.74) is 35.3. The van der Waals surface area contributed by atoms with E-state index in [1.165, 1.54) is 115 Å². The second kappa shape index (κ2) is 22.2. The van der Waals surface area contributed by atoms with Crippen LogP contribution in [0.4, 0.5) is 34.1 Å². The summed E-state index contributed by atoms with van der Waals surface area (Å²) in [6.45, 7) is 27.9. The highest BCUT2D eigenvalue weighted by Gasteiger charge is 2.46. The molecule has 0 radical (unpaired) electrons. The van der Waals surface area contributed by atoms with E-state index in [-0.39, 0.29) is 28.4 Å². The molecule has 18 rings (SSSR count). The van der Waals surface area contributed by atoms with Gasteiger partial charge in [0, 0.05) is 88.4 Å². The summed E-state index contributed by atoms with van der Waals surface area (Å²) < 4.78 is 5.06. The third-order valence-electron chi connectivity index (χ3n) is 21.7. The predicted molar refractivity (Wildman–Crippen MR) is 427 cm³/mol. The third-order valence-corrected chi connectivity index (χ3v) is 21.7. The molecule has 0 spiro atoms. The van der Waals surface area contributed by atoms with Crippen molar-refractivity contribution in [1.82, 2.24) is 9.13 Å². The van der Waals surface area contributed by atoms with E-state index in [0.717, 1.165) is 67.8 Å². The van der Waals surface area contributed by atoms with Crippen LogP contribution in [0, 0.1) is 0 Å². The molecule has 3 aliphatic rings. The minimum Gasteiger partial charge on any atom is -0.310 e. The first kappa shape index (κ1) is 61.3. The zero-order valence-electron chi connectivity index (χ0n) is 59.3. The van der Waals surface area contributed by atoms with Crippen molar-refractivity contribution in [2.24, 2.45) is 0 Å². The Labute approximate surface area is 588 Å². The summed E-state index contributed by atoms with van der Waals surface area (Å²) in [5, 5.41) is 7.46. The van der Waals surface area contributed by atoms with Crippen LogP contribution >= 0.6 is 0 Å². The van der Waals surface area contributed by atoms with Gasteiger partial charge >= 0.3 is 0 Å². The summed E-state index contributed by atoms with van der Waals surface area (Å²) in [5.74, 6) is 0. The first-order chi connectivity index (χ1) is 48.2. The minimum atomic E-state index is -0.212. The number of hydrogen-bond acceptors (Lipinski definition) is 2. The number of anilines is 6. The van der Waals surface area contributed by atoms with Gasteiger partial charge < -0.3 is 18.9 Å². The van der Waals surface area contributed by atoms with Crippen molar-refractivity contribution < 1.29 is 0 Å². The Bertz CT molecular complexity index is 5850. The van der Waals surface area contributed by atoms with Crippen molar-refractivity contribution in [3.63, 3.8) is 0 Å². The van der Waals surface area contributed by atoms with E-state index in [2.05, 4.69) is 381 Å². The second-order valence-corrected chi connectivity index (χ2v) is 32.3. The lowest BCUT2D eigenvalue weighted by molar-refractivity contribution is 0.590. The number of hydrogen-bond donors (Lipinski definition) is 0. The SMILES string of the molecule is CC(C)(C)c1cc(-c2ccccc2)c(N2c3cc(-n4c5ccc(C(C)(C)C)cc5c5cc(C(C)(C)C)ccc54)ccc3B3c4ccc(-n5c6ccccc6c6c7c(ccc65)=C=7)cc4N(c4c(-c5ccccc5)cc(C(C)(C)C)cc4-c4ccccc4)c4cccc2c43)c(-c2ccccc2)c1. The van der Waals surface area contributed by atoms with Gasteiger partial charge in [-0.05, 0) is 186 Å². The van der Waals surface area contributed by atoms with Gasteiger partial charge in [-0.3, -0.25) is 0 Å².